The molecule has 308 valence electrons. The predicted molar refractivity (Wildman–Crippen MR) is 218 cm³/mol. The van der Waals surface area contributed by atoms with Crippen molar-refractivity contribution < 1.29 is 24.2 Å². The molecule has 0 aromatic heterocycles. The average molecular weight is 745 g/mol. The molecular weight excluding hydrogens is 661 g/mol. The molecule has 2 unspecified atom stereocenters. The van der Waals surface area contributed by atoms with Crippen molar-refractivity contribution >= 4 is 11.9 Å². The molecule has 2 aliphatic heterocycles. The number of esters is 2. The van der Waals surface area contributed by atoms with Crippen LogP contribution in [-0.4, -0.2) is 85.4 Å². The van der Waals surface area contributed by atoms with Gasteiger partial charge in [-0.2, -0.15) is 0 Å². The van der Waals surface area contributed by atoms with Crippen molar-refractivity contribution in [3.63, 3.8) is 0 Å². The van der Waals surface area contributed by atoms with Crippen LogP contribution >= 0.6 is 0 Å². The van der Waals surface area contributed by atoms with Crippen molar-refractivity contribution in [3.8, 4) is 0 Å². The highest BCUT2D eigenvalue weighted by molar-refractivity contribution is 5.73. The van der Waals surface area contributed by atoms with Crippen molar-refractivity contribution in [2.24, 2.45) is 29.1 Å². The fourth-order valence-electron chi connectivity index (χ4n) is 9.68. The van der Waals surface area contributed by atoms with E-state index < -0.39 is 0 Å². The van der Waals surface area contributed by atoms with Crippen molar-refractivity contribution in [2.45, 2.75) is 200 Å². The van der Waals surface area contributed by atoms with Gasteiger partial charge in [-0.1, -0.05) is 129 Å². The molecule has 1 N–H and O–H groups in total. The minimum Gasteiger partial charge on any atom is -0.464 e. The van der Waals surface area contributed by atoms with E-state index in [-0.39, 0.29) is 29.8 Å². The standard InChI is InChI=1S/C46H84N2O5/c1-3-5-7-9-11-13-23-41(35-39-19-17-20-39)44(50)52-37-43(48-32-27-46(28-33-48)25-30-47(31-26-46)29-15-16-34-49)38-53-45(51)42(36-40-21-18-22-40)24-14-12-10-8-6-4-2/h39-43,49H,3-38H2,1-2H3. The lowest BCUT2D eigenvalue weighted by atomic mass is 9.71. The second-order valence-electron chi connectivity index (χ2n) is 18.3. The first-order valence-electron chi connectivity index (χ1n) is 23.4. The monoisotopic (exact) mass is 745 g/mol. The van der Waals surface area contributed by atoms with Gasteiger partial charge in [0.2, 0.25) is 0 Å². The van der Waals surface area contributed by atoms with Crippen molar-refractivity contribution in [3.05, 3.63) is 0 Å². The summed E-state index contributed by atoms with van der Waals surface area (Å²) in [6, 6.07) is -0.0735. The first-order chi connectivity index (χ1) is 25.9. The van der Waals surface area contributed by atoms with Gasteiger partial charge in [0, 0.05) is 6.61 Å². The number of carbonyl (C=O) groups excluding carboxylic acids is 2. The molecule has 53 heavy (non-hydrogen) atoms. The fourth-order valence-corrected chi connectivity index (χ4v) is 9.68. The fraction of sp³-hybridized carbons (Fsp3) is 0.957. The zero-order chi connectivity index (χ0) is 37.6. The summed E-state index contributed by atoms with van der Waals surface area (Å²) >= 11 is 0. The Hall–Kier alpha value is -1.18. The molecule has 0 aromatic rings. The van der Waals surface area contributed by atoms with Crippen molar-refractivity contribution in [2.75, 3.05) is 52.5 Å². The second kappa shape index (κ2) is 25.9. The molecule has 0 bridgehead atoms. The largest absolute Gasteiger partial charge is 0.464 e. The molecule has 4 rings (SSSR count). The van der Waals surface area contributed by atoms with Gasteiger partial charge in [-0.3, -0.25) is 14.5 Å². The Labute approximate surface area is 326 Å². The molecule has 2 aliphatic carbocycles. The third-order valence-corrected chi connectivity index (χ3v) is 14.2. The Kier molecular flexibility index (Phi) is 21.7. The van der Waals surface area contributed by atoms with Crippen LogP contribution in [0.2, 0.25) is 0 Å². The van der Waals surface area contributed by atoms with Crippen LogP contribution in [0.1, 0.15) is 194 Å². The van der Waals surface area contributed by atoms with Crippen molar-refractivity contribution in [1.82, 2.24) is 9.80 Å². The third kappa shape index (κ3) is 16.4. The first-order valence-corrected chi connectivity index (χ1v) is 23.4. The molecule has 0 aromatic carbocycles. The van der Waals surface area contributed by atoms with E-state index >= 15 is 0 Å². The van der Waals surface area contributed by atoms with E-state index in [2.05, 4.69) is 23.6 Å². The van der Waals surface area contributed by atoms with Gasteiger partial charge in [0.1, 0.15) is 13.2 Å². The SMILES string of the molecule is CCCCCCCCC(CC1CCC1)C(=O)OCC(COC(=O)C(CCCCCCCC)CC1CCC1)N1CCC2(CCN(CCCCO)CC2)CC1. The van der Waals surface area contributed by atoms with E-state index in [0.29, 0.717) is 37.1 Å². The molecule has 2 saturated carbocycles. The molecule has 0 radical (unpaired) electrons. The van der Waals surface area contributed by atoms with E-state index in [1.54, 1.807) is 0 Å². The van der Waals surface area contributed by atoms with Crippen LogP contribution in [-0.2, 0) is 19.1 Å². The van der Waals surface area contributed by atoms with Crippen LogP contribution in [0.3, 0.4) is 0 Å². The topological polar surface area (TPSA) is 79.3 Å². The maximum Gasteiger partial charge on any atom is 0.308 e. The lowest BCUT2D eigenvalue weighted by molar-refractivity contribution is -0.157. The summed E-state index contributed by atoms with van der Waals surface area (Å²) in [5.74, 6) is 1.37. The van der Waals surface area contributed by atoms with E-state index in [1.165, 1.54) is 128 Å². The zero-order valence-electron chi connectivity index (χ0n) is 34.8. The number of rotatable bonds is 29. The molecule has 7 nitrogen and oxygen atoms in total. The average Bonchev–Trinajstić information content (AvgIpc) is 3.13. The summed E-state index contributed by atoms with van der Waals surface area (Å²) in [6.07, 6.45) is 33.2. The maximum absolute atomic E-state index is 13.8. The summed E-state index contributed by atoms with van der Waals surface area (Å²) in [4.78, 5) is 32.7. The first kappa shape index (κ1) is 44.5. The quantitative estimate of drug-likeness (QED) is 0.0603. The second-order valence-corrected chi connectivity index (χ2v) is 18.3. The van der Waals surface area contributed by atoms with Crippen LogP contribution in [0.5, 0.6) is 0 Å². The normalized spacial score (nSPS) is 21.5. The molecule has 4 aliphatic rings. The molecule has 4 fully saturated rings. The number of nitrogens with zero attached hydrogens (tertiary/aromatic N) is 2. The molecule has 7 heteroatoms. The van der Waals surface area contributed by atoms with E-state index in [4.69, 9.17) is 9.47 Å². The number of ether oxygens (including phenoxy) is 2. The smallest absolute Gasteiger partial charge is 0.308 e. The highest BCUT2D eigenvalue weighted by Crippen LogP contribution is 2.42. The maximum atomic E-state index is 13.8. The Morgan fingerprint density at radius 1 is 0.623 bits per heavy atom. The Bertz CT molecular complexity index is 913. The number of carbonyl (C=O) groups is 2. The van der Waals surface area contributed by atoms with E-state index in [1.807, 2.05) is 0 Å². The molecule has 2 atom stereocenters. The van der Waals surface area contributed by atoms with Crippen LogP contribution in [0.15, 0.2) is 0 Å². The van der Waals surface area contributed by atoms with Crippen LogP contribution in [0, 0.1) is 29.1 Å². The van der Waals surface area contributed by atoms with Gasteiger partial charge in [-0.25, -0.2) is 0 Å². The van der Waals surface area contributed by atoms with Crippen LogP contribution in [0.4, 0.5) is 0 Å². The minimum atomic E-state index is -0.0735. The third-order valence-electron chi connectivity index (χ3n) is 14.2. The number of aliphatic hydroxyl groups excluding tert-OH is 1. The Morgan fingerprint density at radius 3 is 1.51 bits per heavy atom. The number of hydrogen-bond acceptors (Lipinski definition) is 7. The summed E-state index contributed by atoms with van der Waals surface area (Å²) in [5.41, 5.74) is 0.401. The Balaban J connectivity index is 1.33. The molecule has 0 amide bonds. The molecule has 2 saturated heterocycles. The van der Waals surface area contributed by atoms with Gasteiger partial charge in [-0.05, 0) is 114 Å². The minimum absolute atomic E-state index is 0.00485. The van der Waals surface area contributed by atoms with Gasteiger partial charge in [0.25, 0.3) is 0 Å². The predicted octanol–water partition coefficient (Wildman–Crippen LogP) is 10.5. The number of piperidine rings is 2. The van der Waals surface area contributed by atoms with E-state index in [0.717, 1.165) is 84.1 Å². The van der Waals surface area contributed by atoms with Gasteiger partial charge >= 0.3 is 11.9 Å². The molecular formula is C46H84N2O5. The number of likely N-dealkylation sites (tertiary alicyclic amines) is 2. The molecule has 2 heterocycles. The van der Waals surface area contributed by atoms with Crippen molar-refractivity contribution in [1.29, 1.82) is 0 Å². The number of unbranched alkanes of at least 4 members (excludes halogenated alkanes) is 11. The van der Waals surface area contributed by atoms with Crippen LogP contribution in [0.25, 0.3) is 0 Å². The number of hydrogen-bond donors (Lipinski definition) is 1. The summed E-state index contributed by atoms with van der Waals surface area (Å²) < 4.78 is 12.6. The summed E-state index contributed by atoms with van der Waals surface area (Å²) in [5, 5.41) is 9.21. The highest BCUT2D eigenvalue weighted by atomic mass is 16.5. The van der Waals surface area contributed by atoms with Gasteiger partial charge in [-0.15, -0.1) is 0 Å². The summed E-state index contributed by atoms with van der Waals surface area (Å²) in [6.45, 7) is 10.9. The lowest BCUT2D eigenvalue weighted by Gasteiger charge is -2.48. The summed E-state index contributed by atoms with van der Waals surface area (Å²) in [7, 11) is 0. The Morgan fingerprint density at radius 2 is 1.08 bits per heavy atom. The lowest BCUT2D eigenvalue weighted by Crippen LogP contribution is -2.52. The highest BCUT2D eigenvalue weighted by Gasteiger charge is 2.40. The van der Waals surface area contributed by atoms with E-state index in [9.17, 15) is 14.7 Å². The molecule has 1 spiro atoms. The van der Waals surface area contributed by atoms with Gasteiger partial charge in [0.05, 0.1) is 17.9 Å². The van der Waals surface area contributed by atoms with Crippen LogP contribution < -0.4 is 0 Å². The number of aliphatic hydroxyl groups is 1. The zero-order valence-corrected chi connectivity index (χ0v) is 34.8. The van der Waals surface area contributed by atoms with Gasteiger partial charge < -0.3 is 19.5 Å². The van der Waals surface area contributed by atoms with Gasteiger partial charge in [0.15, 0.2) is 0 Å².